The molecule has 1 amide bonds. The highest BCUT2D eigenvalue weighted by atomic mass is 32.1. The number of rotatable bonds is 4. The summed E-state index contributed by atoms with van der Waals surface area (Å²) < 4.78 is 4.79. The van der Waals surface area contributed by atoms with E-state index in [-0.39, 0.29) is 5.91 Å². The van der Waals surface area contributed by atoms with Crippen LogP contribution in [-0.2, 0) is 4.79 Å². The fourth-order valence-corrected chi connectivity index (χ4v) is 1.85. The highest BCUT2D eigenvalue weighted by Gasteiger charge is 2.09. The Labute approximate surface area is 106 Å². The summed E-state index contributed by atoms with van der Waals surface area (Å²) in [5.74, 6) is -1.36. The maximum Gasteiger partial charge on any atom is 0.328 e. The van der Waals surface area contributed by atoms with E-state index in [1.807, 2.05) is 0 Å². The summed E-state index contributed by atoms with van der Waals surface area (Å²) in [4.78, 5) is 26.6. The summed E-state index contributed by atoms with van der Waals surface area (Å²) in [7, 11) is 0. The van der Waals surface area contributed by atoms with Crippen LogP contribution in [0, 0.1) is 0 Å². The van der Waals surface area contributed by atoms with Crippen LogP contribution in [0.3, 0.4) is 0 Å². The molecule has 18 heavy (non-hydrogen) atoms. The molecule has 0 aliphatic carbocycles. The number of nitrogens with one attached hydrogen (secondary N) is 1. The average molecular weight is 264 g/mol. The Hall–Kier alpha value is -2.41. The Morgan fingerprint density at radius 1 is 1.50 bits per heavy atom. The summed E-state index contributed by atoms with van der Waals surface area (Å²) in [5.41, 5.74) is 0.396. The molecule has 0 aromatic carbocycles. The lowest BCUT2D eigenvalue weighted by atomic mass is 10.3. The number of thiazole rings is 1. The minimum absolute atomic E-state index is 0.327. The number of hydrogen-bond donors (Lipinski definition) is 2. The monoisotopic (exact) mass is 264 g/mol. The van der Waals surface area contributed by atoms with Crippen molar-refractivity contribution in [3.8, 4) is 0 Å². The zero-order chi connectivity index (χ0) is 13.0. The first-order valence-corrected chi connectivity index (χ1v) is 5.67. The summed E-state index contributed by atoms with van der Waals surface area (Å²) >= 11 is 1.18. The van der Waals surface area contributed by atoms with Crippen LogP contribution >= 0.6 is 11.3 Å². The van der Waals surface area contributed by atoms with E-state index in [0.717, 1.165) is 6.08 Å². The van der Waals surface area contributed by atoms with E-state index in [1.165, 1.54) is 42.2 Å². The molecule has 0 saturated carbocycles. The van der Waals surface area contributed by atoms with Gasteiger partial charge in [0.2, 0.25) is 0 Å². The van der Waals surface area contributed by atoms with Gasteiger partial charge in [-0.05, 0) is 12.1 Å². The van der Waals surface area contributed by atoms with Crippen LogP contribution in [-0.4, -0.2) is 22.0 Å². The Bertz CT molecular complexity index is 586. The quantitative estimate of drug-likeness (QED) is 0.825. The molecule has 92 valence electrons. The Morgan fingerprint density at radius 2 is 2.33 bits per heavy atom. The van der Waals surface area contributed by atoms with Gasteiger partial charge in [0, 0.05) is 17.2 Å². The van der Waals surface area contributed by atoms with Crippen LogP contribution in [0.25, 0.3) is 6.08 Å². The first-order chi connectivity index (χ1) is 8.65. The molecule has 0 radical (unpaired) electrons. The van der Waals surface area contributed by atoms with Crippen LogP contribution in [0.1, 0.15) is 15.2 Å². The van der Waals surface area contributed by atoms with E-state index in [9.17, 15) is 9.59 Å². The number of carboxylic acid groups (broad SMARTS) is 1. The molecule has 0 saturated heterocycles. The van der Waals surface area contributed by atoms with E-state index >= 15 is 0 Å². The molecular weight excluding hydrogens is 256 g/mol. The SMILES string of the molecule is O=C(O)C=Cc1cnc(NC(=O)c2ccoc2)s1. The first kappa shape index (κ1) is 12.1. The predicted molar refractivity (Wildman–Crippen MR) is 65.4 cm³/mol. The highest BCUT2D eigenvalue weighted by molar-refractivity contribution is 7.16. The number of aliphatic carboxylic acids is 1. The lowest BCUT2D eigenvalue weighted by Gasteiger charge is -1.96. The summed E-state index contributed by atoms with van der Waals surface area (Å²) in [6.07, 6.45) is 6.63. The number of aromatic nitrogens is 1. The van der Waals surface area contributed by atoms with Gasteiger partial charge in [-0.3, -0.25) is 10.1 Å². The van der Waals surface area contributed by atoms with E-state index in [2.05, 4.69) is 10.3 Å². The summed E-state index contributed by atoms with van der Waals surface area (Å²) in [5, 5.41) is 11.4. The predicted octanol–water partition coefficient (Wildman–Crippen LogP) is 2.09. The van der Waals surface area contributed by atoms with Gasteiger partial charge in [0.15, 0.2) is 5.13 Å². The molecule has 2 N–H and O–H groups in total. The fourth-order valence-electron chi connectivity index (χ4n) is 1.14. The average Bonchev–Trinajstić information content (AvgIpc) is 2.97. The van der Waals surface area contributed by atoms with E-state index in [1.54, 1.807) is 0 Å². The van der Waals surface area contributed by atoms with Crippen molar-refractivity contribution >= 4 is 34.4 Å². The molecule has 7 heteroatoms. The number of carbonyl (C=O) groups is 2. The highest BCUT2D eigenvalue weighted by Crippen LogP contribution is 2.20. The van der Waals surface area contributed by atoms with Gasteiger partial charge in [-0.15, -0.1) is 0 Å². The minimum atomic E-state index is -1.03. The maximum absolute atomic E-state index is 11.6. The Balaban J connectivity index is 2.03. The zero-order valence-corrected chi connectivity index (χ0v) is 9.81. The number of hydrogen-bond acceptors (Lipinski definition) is 5. The molecule has 0 spiro atoms. The molecule has 0 fully saturated rings. The van der Waals surface area contributed by atoms with Crippen LogP contribution in [0.5, 0.6) is 0 Å². The molecule has 2 aromatic heterocycles. The van der Waals surface area contributed by atoms with Crippen molar-refractivity contribution in [3.05, 3.63) is 41.3 Å². The molecule has 0 bridgehead atoms. The van der Waals surface area contributed by atoms with Crippen molar-refractivity contribution in [2.75, 3.05) is 5.32 Å². The zero-order valence-electron chi connectivity index (χ0n) is 8.99. The number of anilines is 1. The van der Waals surface area contributed by atoms with Crippen LogP contribution in [0.4, 0.5) is 5.13 Å². The lowest BCUT2D eigenvalue weighted by molar-refractivity contribution is -0.131. The Morgan fingerprint density at radius 3 is 3.00 bits per heavy atom. The van der Waals surface area contributed by atoms with Gasteiger partial charge < -0.3 is 9.52 Å². The third kappa shape index (κ3) is 3.05. The molecule has 0 atom stereocenters. The second-order valence-electron chi connectivity index (χ2n) is 3.21. The number of carboxylic acids is 1. The van der Waals surface area contributed by atoms with Gasteiger partial charge in [0.1, 0.15) is 6.26 Å². The number of furan rings is 1. The van der Waals surface area contributed by atoms with Crippen molar-refractivity contribution in [1.82, 2.24) is 4.98 Å². The van der Waals surface area contributed by atoms with Gasteiger partial charge in [0.25, 0.3) is 5.91 Å². The van der Waals surface area contributed by atoms with Gasteiger partial charge in [-0.25, -0.2) is 9.78 Å². The second kappa shape index (κ2) is 5.28. The molecular formula is C11H8N2O4S. The normalized spacial score (nSPS) is 10.7. The van der Waals surface area contributed by atoms with Crippen molar-refractivity contribution in [2.24, 2.45) is 0 Å². The minimum Gasteiger partial charge on any atom is -0.478 e. The molecule has 6 nitrogen and oxygen atoms in total. The van der Waals surface area contributed by atoms with E-state index in [0.29, 0.717) is 15.6 Å². The van der Waals surface area contributed by atoms with Crippen LogP contribution in [0.2, 0.25) is 0 Å². The summed E-state index contributed by atoms with van der Waals surface area (Å²) in [6.45, 7) is 0. The molecule has 2 aromatic rings. The maximum atomic E-state index is 11.6. The lowest BCUT2D eigenvalue weighted by Crippen LogP contribution is -2.10. The third-order valence-electron chi connectivity index (χ3n) is 1.92. The smallest absolute Gasteiger partial charge is 0.328 e. The van der Waals surface area contributed by atoms with Gasteiger partial charge in [-0.1, -0.05) is 11.3 Å². The van der Waals surface area contributed by atoms with Crippen molar-refractivity contribution in [3.63, 3.8) is 0 Å². The van der Waals surface area contributed by atoms with E-state index < -0.39 is 5.97 Å². The van der Waals surface area contributed by atoms with Crippen LogP contribution < -0.4 is 5.32 Å². The van der Waals surface area contributed by atoms with Crippen molar-refractivity contribution < 1.29 is 19.1 Å². The molecule has 0 aliphatic heterocycles. The molecule has 2 heterocycles. The number of carbonyl (C=O) groups excluding carboxylic acids is 1. The third-order valence-corrected chi connectivity index (χ3v) is 2.80. The topological polar surface area (TPSA) is 92.4 Å². The van der Waals surface area contributed by atoms with Crippen molar-refractivity contribution in [2.45, 2.75) is 0 Å². The Kier molecular flexibility index (Phi) is 3.54. The molecule has 2 rings (SSSR count). The van der Waals surface area contributed by atoms with Crippen molar-refractivity contribution in [1.29, 1.82) is 0 Å². The number of nitrogens with zero attached hydrogens (tertiary/aromatic N) is 1. The van der Waals surface area contributed by atoms with Gasteiger partial charge in [0.05, 0.1) is 11.8 Å². The fraction of sp³-hybridized carbons (Fsp3) is 0. The summed E-state index contributed by atoms with van der Waals surface area (Å²) in [6, 6.07) is 1.54. The standard InChI is InChI=1S/C11H8N2O4S/c14-9(15)2-1-8-5-12-11(18-8)13-10(16)7-3-4-17-6-7/h1-6H,(H,14,15)(H,12,13,16). The van der Waals surface area contributed by atoms with Gasteiger partial charge >= 0.3 is 5.97 Å². The second-order valence-corrected chi connectivity index (χ2v) is 4.27. The van der Waals surface area contributed by atoms with Gasteiger partial charge in [-0.2, -0.15) is 0 Å². The largest absolute Gasteiger partial charge is 0.478 e. The molecule has 0 unspecified atom stereocenters. The van der Waals surface area contributed by atoms with E-state index in [4.69, 9.17) is 9.52 Å². The number of amides is 1. The first-order valence-electron chi connectivity index (χ1n) is 4.85. The van der Waals surface area contributed by atoms with Crippen LogP contribution in [0.15, 0.2) is 35.3 Å². The molecule has 0 aliphatic rings.